The fraction of sp³-hybridized carbons (Fsp3) is 0.562. The number of anilines is 1. The van der Waals surface area contributed by atoms with E-state index >= 15 is 0 Å². The zero-order chi connectivity index (χ0) is 15.6. The van der Waals surface area contributed by atoms with Crippen LogP contribution in [0, 0.1) is 0 Å². The summed E-state index contributed by atoms with van der Waals surface area (Å²) in [6, 6.07) is 8.28. The Bertz CT molecular complexity index is 487. The van der Waals surface area contributed by atoms with Crippen LogP contribution in [-0.2, 0) is 0 Å². The molecule has 0 aromatic heterocycles. The van der Waals surface area contributed by atoms with Crippen LogP contribution in [0.3, 0.4) is 0 Å². The van der Waals surface area contributed by atoms with Crippen molar-refractivity contribution in [1.82, 2.24) is 9.80 Å². The largest absolute Gasteiger partial charge is 0.378 e. The molecule has 2 unspecified atom stereocenters. The van der Waals surface area contributed by atoms with Crippen LogP contribution in [0.4, 0.5) is 5.69 Å². The van der Waals surface area contributed by atoms with E-state index < -0.39 is 0 Å². The van der Waals surface area contributed by atoms with E-state index in [1.807, 2.05) is 59.9 Å². The normalized spacial score (nSPS) is 21.9. The zero-order valence-corrected chi connectivity index (χ0v) is 14.4. The number of hydrogen-bond acceptors (Lipinski definition) is 4. The van der Waals surface area contributed by atoms with E-state index in [2.05, 4.69) is 25.3 Å². The molecule has 116 valence electrons. The number of carbonyl (C=O) groups is 1. The van der Waals surface area contributed by atoms with Gasteiger partial charge in [-0.15, -0.1) is 0 Å². The Morgan fingerprint density at radius 2 is 1.76 bits per heavy atom. The molecule has 5 heteroatoms. The quantitative estimate of drug-likeness (QED) is 0.848. The summed E-state index contributed by atoms with van der Waals surface area (Å²) in [5, 5.41) is 0.491. The highest BCUT2D eigenvalue weighted by atomic mass is 32.2. The molecule has 1 aromatic rings. The van der Waals surface area contributed by atoms with E-state index in [0.717, 1.165) is 24.3 Å². The monoisotopic (exact) mass is 307 g/mol. The second kappa shape index (κ2) is 6.71. The van der Waals surface area contributed by atoms with Gasteiger partial charge in [-0.3, -0.25) is 4.79 Å². The molecule has 1 aliphatic rings. The number of hydrogen-bond donors (Lipinski definition) is 0. The zero-order valence-electron chi connectivity index (χ0n) is 13.5. The first-order valence-corrected chi connectivity index (χ1v) is 8.48. The van der Waals surface area contributed by atoms with E-state index in [1.165, 1.54) is 0 Å². The predicted octanol–water partition coefficient (Wildman–Crippen LogP) is 1.87. The third kappa shape index (κ3) is 3.52. The van der Waals surface area contributed by atoms with Crippen LogP contribution < -0.4 is 4.90 Å². The van der Waals surface area contributed by atoms with Gasteiger partial charge in [0, 0.05) is 49.7 Å². The Morgan fingerprint density at radius 3 is 2.19 bits per heavy atom. The van der Waals surface area contributed by atoms with Crippen molar-refractivity contribution in [2.45, 2.75) is 11.3 Å². The Kier molecular flexibility index (Phi) is 5.17. The van der Waals surface area contributed by atoms with Gasteiger partial charge in [-0.25, -0.2) is 0 Å². The van der Waals surface area contributed by atoms with Crippen LogP contribution >= 0.6 is 11.8 Å². The molecule has 2 atom stereocenters. The first-order valence-electron chi connectivity index (χ1n) is 7.20. The van der Waals surface area contributed by atoms with Gasteiger partial charge in [-0.2, -0.15) is 11.8 Å². The third-order valence-electron chi connectivity index (χ3n) is 4.12. The number of nitrogens with zero attached hydrogens (tertiary/aromatic N) is 3. The minimum Gasteiger partial charge on any atom is -0.378 e. The number of carbonyl (C=O) groups excluding carboxylic acids is 1. The summed E-state index contributed by atoms with van der Waals surface area (Å²) in [6.45, 7) is 1.64. The lowest BCUT2D eigenvalue weighted by atomic mass is 10.2. The Hall–Kier alpha value is -1.20. The van der Waals surface area contributed by atoms with Crippen LogP contribution in [0.15, 0.2) is 24.3 Å². The van der Waals surface area contributed by atoms with E-state index in [9.17, 15) is 4.79 Å². The summed E-state index contributed by atoms with van der Waals surface area (Å²) in [7, 11) is 8.19. The second-order valence-electron chi connectivity index (χ2n) is 5.96. The van der Waals surface area contributed by atoms with Crippen molar-refractivity contribution in [1.29, 1.82) is 0 Å². The summed E-state index contributed by atoms with van der Waals surface area (Å²) in [5.41, 5.74) is 1.89. The maximum absolute atomic E-state index is 12.6. The minimum absolute atomic E-state index is 0.142. The first-order chi connectivity index (χ1) is 9.93. The van der Waals surface area contributed by atoms with Gasteiger partial charge in [0.05, 0.1) is 0 Å². The molecule has 0 aliphatic carbocycles. The van der Waals surface area contributed by atoms with Crippen molar-refractivity contribution in [3.8, 4) is 0 Å². The van der Waals surface area contributed by atoms with Crippen LogP contribution in [-0.4, -0.2) is 74.5 Å². The van der Waals surface area contributed by atoms with Crippen molar-refractivity contribution in [3.05, 3.63) is 29.8 Å². The first kappa shape index (κ1) is 16.2. The van der Waals surface area contributed by atoms with Gasteiger partial charge < -0.3 is 14.7 Å². The summed E-state index contributed by atoms with van der Waals surface area (Å²) in [6.07, 6.45) is 2.13. The molecule has 21 heavy (non-hydrogen) atoms. The van der Waals surface area contributed by atoms with E-state index in [0.29, 0.717) is 11.3 Å². The van der Waals surface area contributed by atoms with Gasteiger partial charge in [0.15, 0.2) is 0 Å². The lowest BCUT2D eigenvalue weighted by Crippen LogP contribution is -2.37. The van der Waals surface area contributed by atoms with E-state index in [1.54, 1.807) is 0 Å². The van der Waals surface area contributed by atoms with Crippen molar-refractivity contribution in [2.75, 3.05) is 52.4 Å². The van der Waals surface area contributed by atoms with Crippen LogP contribution in [0.25, 0.3) is 0 Å². The number of rotatable bonds is 4. The highest BCUT2D eigenvalue weighted by molar-refractivity contribution is 7.99. The average molecular weight is 307 g/mol. The standard InChI is InChI=1S/C16H25N3OS/c1-17(2)13-8-6-12(7-9-13)16(20)19-10-14(18(3)4)15(11-19)21-5/h6-9,14-15H,10-11H2,1-5H3. The number of likely N-dealkylation sites (tertiary alicyclic amines) is 1. The summed E-state index contributed by atoms with van der Waals surface area (Å²) in [4.78, 5) is 18.9. The third-order valence-corrected chi connectivity index (χ3v) is 5.19. The second-order valence-corrected chi connectivity index (χ2v) is 7.03. The molecule has 1 heterocycles. The number of benzene rings is 1. The van der Waals surface area contributed by atoms with E-state index in [4.69, 9.17) is 0 Å². The summed E-state index contributed by atoms with van der Waals surface area (Å²) >= 11 is 1.85. The molecule has 0 N–H and O–H groups in total. The van der Waals surface area contributed by atoms with Crippen LogP contribution in [0.1, 0.15) is 10.4 Å². The molecule has 2 rings (SSSR count). The predicted molar refractivity (Wildman–Crippen MR) is 91.5 cm³/mol. The molecule has 1 aromatic carbocycles. The molecular formula is C16H25N3OS. The lowest BCUT2D eigenvalue weighted by Gasteiger charge is -2.23. The molecule has 0 bridgehead atoms. The number of amides is 1. The minimum atomic E-state index is 0.142. The van der Waals surface area contributed by atoms with Gasteiger partial charge >= 0.3 is 0 Å². The Balaban J connectivity index is 2.10. The van der Waals surface area contributed by atoms with Crippen molar-refractivity contribution in [3.63, 3.8) is 0 Å². The highest BCUT2D eigenvalue weighted by Crippen LogP contribution is 2.25. The lowest BCUT2D eigenvalue weighted by molar-refractivity contribution is 0.0783. The van der Waals surface area contributed by atoms with Crippen LogP contribution in [0.2, 0.25) is 0 Å². The Labute approximate surface area is 132 Å². The van der Waals surface area contributed by atoms with Gasteiger partial charge in [-0.1, -0.05) is 0 Å². The molecule has 1 amide bonds. The maximum atomic E-state index is 12.6. The van der Waals surface area contributed by atoms with Gasteiger partial charge in [0.1, 0.15) is 0 Å². The fourth-order valence-corrected chi connectivity index (χ4v) is 3.71. The fourth-order valence-electron chi connectivity index (χ4n) is 2.73. The smallest absolute Gasteiger partial charge is 0.253 e. The molecule has 1 fully saturated rings. The number of likely N-dealkylation sites (N-methyl/N-ethyl adjacent to an activating group) is 1. The van der Waals surface area contributed by atoms with Gasteiger partial charge in [0.2, 0.25) is 0 Å². The maximum Gasteiger partial charge on any atom is 0.253 e. The number of thioether (sulfide) groups is 1. The van der Waals surface area contributed by atoms with Crippen molar-refractivity contribution >= 4 is 23.4 Å². The van der Waals surface area contributed by atoms with Crippen LogP contribution in [0.5, 0.6) is 0 Å². The molecule has 0 radical (unpaired) electrons. The topological polar surface area (TPSA) is 26.8 Å². The highest BCUT2D eigenvalue weighted by Gasteiger charge is 2.36. The summed E-state index contributed by atoms with van der Waals surface area (Å²) < 4.78 is 0. The van der Waals surface area contributed by atoms with Crippen molar-refractivity contribution in [2.24, 2.45) is 0 Å². The molecule has 0 saturated carbocycles. The summed E-state index contributed by atoms with van der Waals surface area (Å²) in [5.74, 6) is 0.142. The molecule has 1 aliphatic heterocycles. The average Bonchev–Trinajstić information content (AvgIpc) is 2.91. The molecule has 4 nitrogen and oxygen atoms in total. The SMILES string of the molecule is CSC1CN(C(=O)c2ccc(N(C)C)cc2)CC1N(C)C. The van der Waals surface area contributed by atoms with Crippen molar-refractivity contribution < 1.29 is 4.79 Å². The van der Waals surface area contributed by atoms with Gasteiger partial charge in [0.25, 0.3) is 5.91 Å². The van der Waals surface area contributed by atoms with Gasteiger partial charge in [-0.05, 0) is 44.6 Å². The molecule has 1 saturated heterocycles. The molecule has 0 spiro atoms. The van der Waals surface area contributed by atoms with E-state index in [-0.39, 0.29) is 5.91 Å². The molecular weight excluding hydrogens is 282 g/mol. The Morgan fingerprint density at radius 1 is 1.14 bits per heavy atom.